The van der Waals surface area contributed by atoms with E-state index in [1.165, 1.54) is 4.90 Å². The van der Waals surface area contributed by atoms with Crippen molar-refractivity contribution >= 4 is 35.6 Å². The Morgan fingerprint density at radius 2 is 1.35 bits per heavy atom. The van der Waals surface area contributed by atoms with Crippen molar-refractivity contribution < 1.29 is 27.5 Å². The molecule has 5 nitrogen and oxygen atoms in total. The third kappa shape index (κ3) is 5.90. The van der Waals surface area contributed by atoms with Crippen LogP contribution in [0.25, 0.3) is 0 Å². The zero-order chi connectivity index (χ0) is 22.6. The summed E-state index contributed by atoms with van der Waals surface area (Å²) < 4.78 is 42.4. The number of piperazine rings is 1. The molecule has 1 aliphatic rings. The molecule has 0 radical (unpaired) electrons. The molecule has 3 rings (SSSR count). The summed E-state index contributed by atoms with van der Waals surface area (Å²) in [5.74, 6) is 0. The summed E-state index contributed by atoms with van der Waals surface area (Å²) in [4.78, 5) is 26.0. The fraction of sp³-hybridized carbons (Fsp3) is 0.333. The van der Waals surface area contributed by atoms with Crippen LogP contribution in [0.5, 0.6) is 0 Å². The lowest BCUT2D eigenvalue weighted by Crippen LogP contribution is -2.51. The molecule has 31 heavy (non-hydrogen) atoms. The van der Waals surface area contributed by atoms with Crippen molar-refractivity contribution in [1.82, 2.24) is 9.80 Å². The normalized spacial score (nSPS) is 16.3. The maximum Gasteiger partial charge on any atom is 0.432 e. The summed E-state index contributed by atoms with van der Waals surface area (Å²) in [6.45, 7) is 1.09. The molecule has 2 aromatic carbocycles. The molecule has 1 unspecified atom stereocenters. The number of hydrogen-bond acceptors (Lipinski definition) is 4. The highest BCUT2D eigenvalue weighted by molar-refractivity contribution is 6.30. The second kappa shape index (κ2) is 9.89. The van der Waals surface area contributed by atoms with Crippen molar-refractivity contribution in [3.63, 3.8) is 0 Å². The highest BCUT2D eigenvalue weighted by Gasteiger charge is 2.44. The number of hydrogen-bond donors (Lipinski definition) is 0. The summed E-state index contributed by atoms with van der Waals surface area (Å²) in [6, 6.07) is 14.6. The summed E-state index contributed by atoms with van der Waals surface area (Å²) in [5.41, 5.74) is 1.95. The van der Waals surface area contributed by atoms with Crippen molar-refractivity contribution in [2.24, 2.45) is 0 Å². The maximum absolute atomic E-state index is 12.7. The van der Waals surface area contributed by atoms with Gasteiger partial charge in [0, 0.05) is 36.2 Å². The number of benzene rings is 2. The van der Waals surface area contributed by atoms with Gasteiger partial charge in [0.15, 0.2) is 6.29 Å². The number of halogens is 5. The third-order valence-electron chi connectivity index (χ3n) is 4.98. The minimum absolute atomic E-state index is 0.153. The van der Waals surface area contributed by atoms with Crippen LogP contribution in [-0.4, -0.2) is 60.6 Å². The van der Waals surface area contributed by atoms with Crippen molar-refractivity contribution in [3.8, 4) is 0 Å². The van der Waals surface area contributed by atoms with Gasteiger partial charge in [-0.1, -0.05) is 47.5 Å². The molecule has 166 valence electrons. The van der Waals surface area contributed by atoms with Crippen molar-refractivity contribution in [3.05, 3.63) is 69.7 Å². The van der Waals surface area contributed by atoms with E-state index in [-0.39, 0.29) is 19.1 Å². The SMILES string of the molecule is O=CC(OC(=O)N1CCN(C(c2ccc(Cl)cc2)c2ccc(Cl)cc2)CC1)C(F)(F)F. The smallest absolute Gasteiger partial charge is 0.429 e. The second-order valence-electron chi connectivity index (χ2n) is 7.01. The largest absolute Gasteiger partial charge is 0.432 e. The van der Waals surface area contributed by atoms with E-state index < -0.39 is 24.7 Å². The maximum atomic E-state index is 12.7. The van der Waals surface area contributed by atoms with Gasteiger partial charge < -0.3 is 9.64 Å². The van der Waals surface area contributed by atoms with Crippen LogP contribution in [0.15, 0.2) is 48.5 Å². The lowest BCUT2D eigenvalue weighted by molar-refractivity contribution is -0.199. The van der Waals surface area contributed by atoms with Crippen LogP contribution in [0.1, 0.15) is 17.2 Å². The molecule has 1 aliphatic heterocycles. The topological polar surface area (TPSA) is 49.9 Å². The van der Waals surface area contributed by atoms with Crippen LogP contribution in [0.4, 0.5) is 18.0 Å². The average Bonchev–Trinajstić information content (AvgIpc) is 2.74. The molecular formula is C21H19Cl2F3N2O3. The van der Waals surface area contributed by atoms with Gasteiger partial charge in [-0.05, 0) is 35.4 Å². The number of nitrogens with zero attached hydrogens (tertiary/aromatic N) is 2. The summed E-state index contributed by atoms with van der Waals surface area (Å²) in [7, 11) is 0. The molecule has 0 aromatic heterocycles. The highest BCUT2D eigenvalue weighted by Crippen LogP contribution is 2.31. The zero-order valence-electron chi connectivity index (χ0n) is 16.2. The monoisotopic (exact) mass is 474 g/mol. The van der Waals surface area contributed by atoms with E-state index in [1.54, 1.807) is 24.3 Å². The molecule has 0 aliphatic carbocycles. The minimum Gasteiger partial charge on any atom is -0.429 e. The molecule has 0 saturated carbocycles. The number of amides is 1. The Morgan fingerprint density at radius 3 is 1.74 bits per heavy atom. The first-order chi connectivity index (χ1) is 14.7. The number of carbonyl (C=O) groups excluding carboxylic acids is 2. The fourth-order valence-corrected chi connectivity index (χ4v) is 3.67. The van der Waals surface area contributed by atoms with Gasteiger partial charge in [0.25, 0.3) is 6.10 Å². The Morgan fingerprint density at radius 1 is 0.903 bits per heavy atom. The fourth-order valence-electron chi connectivity index (χ4n) is 3.42. The molecule has 0 spiro atoms. The first-order valence-corrected chi connectivity index (χ1v) is 10.2. The second-order valence-corrected chi connectivity index (χ2v) is 7.88. The highest BCUT2D eigenvalue weighted by atomic mass is 35.5. The molecule has 1 atom stereocenters. The number of ether oxygens (including phenoxy) is 1. The minimum atomic E-state index is -4.94. The molecule has 1 saturated heterocycles. The van der Waals surface area contributed by atoms with Crippen LogP contribution in [0, 0.1) is 0 Å². The lowest BCUT2D eigenvalue weighted by atomic mass is 9.96. The van der Waals surface area contributed by atoms with Crippen molar-refractivity contribution in [2.45, 2.75) is 18.3 Å². The van der Waals surface area contributed by atoms with E-state index >= 15 is 0 Å². The Balaban J connectivity index is 1.73. The van der Waals surface area contributed by atoms with E-state index in [9.17, 15) is 22.8 Å². The van der Waals surface area contributed by atoms with Gasteiger partial charge in [-0.3, -0.25) is 9.69 Å². The first kappa shape index (κ1) is 23.4. The molecule has 1 fully saturated rings. The summed E-state index contributed by atoms with van der Waals surface area (Å²) in [5, 5.41) is 1.20. The molecule has 1 heterocycles. The molecular weight excluding hydrogens is 456 g/mol. The average molecular weight is 475 g/mol. The quantitative estimate of drug-likeness (QED) is 0.574. The van der Waals surface area contributed by atoms with Crippen LogP contribution in [0.3, 0.4) is 0 Å². The van der Waals surface area contributed by atoms with E-state index in [2.05, 4.69) is 9.64 Å². The molecule has 2 aromatic rings. The molecule has 10 heteroatoms. The van der Waals surface area contributed by atoms with Crippen LogP contribution >= 0.6 is 23.2 Å². The van der Waals surface area contributed by atoms with Gasteiger partial charge in [0.1, 0.15) is 0 Å². The van der Waals surface area contributed by atoms with E-state index in [0.29, 0.717) is 23.1 Å². The standard InChI is InChI=1S/C21H19Cl2F3N2O3/c22-16-5-1-14(2-6-16)19(15-3-7-17(23)8-4-15)27-9-11-28(12-10-27)20(30)31-18(13-29)21(24,25)26/h1-8,13,18-19H,9-12H2. The molecule has 0 N–H and O–H groups in total. The van der Waals surface area contributed by atoms with Gasteiger partial charge in [-0.25, -0.2) is 4.79 Å². The Hall–Kier alpha value is -2.29. The first-order valence-electron chi connectivity index (χ1n) is 9.41. The van der Waals surface area contributed by atoms with Gasteiger partial charge in [-0.15, -0.1) is 0 Å². The van der Waals surface area contributed by atoms with E-state index in [1.807, 2.05) is 24.3 Å². The van der Waals surface area contributed by atoms with Crippen LogP contribution in [0.2, 0.25) is 10.0 Å². The van der Waals surface area contributed by atoms with Gasteiger partial charge in [0.2, 0.25) is 0 Å². The lowest BCUT2D eigenvalue weighted by Gasteiger charge is -2.39. The van der Waals surface area contributed by atoms with Gasteiger partial charge >= 0.3 is 12.3 Å². The van der Waals surface area contributed by atoms with Crippen LogP contribution in [-0.2, 0) is 9.53 Å². The summed E-state index contributed by atoms with van der Waals surface area (Å²) >= 11 is 12.0. The van der Waals surface area contributed by atoms with E-state index in [0.717, 1.165) is 11.1 Å². The molecule has 0 bridgehead atoms. The van der Waals surface area contributed by atoms with Crippen molar-refractivity contribution in [2.75, 3.05) is 26.2 Å². The zero-order valence-corrected chi connectivity index (χ0v) is 17.7. The van der Waals surface area contributed by atoms with E-state index in [4.69, 9.17) is 23.2 Å². The number of carbonyl (C=O) groups is 2. The van der Waals surface area contributed by atoms with Gasteiger partial charge in [0.05, 0.1) is 6.04 Å². The van der Waals surface area contributed by atoms with Crippen LogP contribution < -0.4 is 0 Å². The van der Waals surface area contributed by atoms with Crippen molar-refractivity contribution in [1.29, 1.82) is 0 Å². The number of aldehydes is 1. The number of rotatable bonds is 5. The predicted molar refractivity (Wildman–Crippen MR) is 110 cm³/mol. The molecule has 1 amide bonds. The number of alkyl halides is 3. The summed E-state index contributed by atoms with van der Waals surface area (Å²) in [6.07, 6.45) is -9.30. The Bertz CT molecular complexity index is 854. The third-order valence-corrected chi connectivity index (χ3v) is 5.49. The van der Waals surface area contributed by atoms with Gasteiger partial charge in [-0.2, -0.15) is 13.2 Å². The Labute approximate surface area is 187 Å². The predicted octanol–water partition coefficient (Wildman–Crippen LogP) is 4.97. The Kier molecular flexibility index (Phi) is 7.46.